The Morgan fingerprint density at radius 3 is 2.96 bits per heavy atom. The molecule has 2 amide bonds. The van der Waals surface area contributed by atoms with Crippen LogP contribution in [0.1, 0.15) is 12.5 Å². The number of thioether (sulfide) groups is 1. The van der Waals surface area contributed by atoms with Gasteiger partial charge in [-0.15, -0.1) is 11.8 Å². The van der Waals surface area contributed by atoms with Gasteiger partial charge in [0.2, 0.25) is 11.8 Å². The first-order valence-corrected chi connectivity index (χ1v) is 8.61. The van der Waals surface area contributed by atoms with E-state index in [2.05, 4.69) is 0 Å². The number of hydrogen-bond donors (Lipinski definition) is 0. The standard InChI is InChI=1S/C17H22N2O3S/c1-4-6-16(20)19-12-23-11-15(19)17(21)18(2)10-13-7-5-8-14(9-13)22-3/h4-9,15H,10-12H2,1-3H3/b6-4-/t15-/m0/s1. The molecule has 0 N–H and O–H groups in total. The maximum Gasteiger partial charge on any atom is 0.247 e. The van der Waals surface area contributed by atoms with E-state index in [1.54, 1.807) is 48.7 Å². The fourth-order valence-corrected chi connectivity index (χ4v) is 3.63. The minimum absolute atomic E-state index is 0.0318. The van der Waals surface area contributed by atoms with Gasteiger partial charge >= 0.3 is 0 Å². The van der Waals surface area contributed by atoms with Crippen LogP contribution >= 0.6 is 11.8 Å². The maximum atomic E-state index is 12.7. The van der Waals surface area contributed by atoms with Gasteiger partial charge in [-0.1, -0.05) is 18.2 Å². The molecule has 0 spiro atoms. The van der Waals surface area contributed by atoms with E-state index in [0.29, 0.717) is 18.2 Å². The monoisotopic (exact) mass is 334 g/mol. The van der Waals surface area contributed by atoms with Crippen molar-refractivity contribution in [3.8, 4) is 5.75 Å². The van der Waals surface area contributed by atoms with Crippen LogP contribution < -0.4 is 4.74 Å². The van der Waals surface area contributed by atoms with Crippen molar-refractivity contribution < 1.29 is 14.3 Å². The normalized spacial score (nSPS) is 17.5. The van der Waals surface area contributed by atoms with Gasteiger partial charge in [-0.05, 0) is 30.7 Å². The predicted octanol–water partition coefficient (Wildman–Crippen LogP) is 2.13. The fraction of sp³-hybridized carbons (Fsp3) is 0.412. The Morgan fingerprint density at radius 1 is 1.48 bits per heavy atom. The molecule has 1 heterocycles. The molecule has 1 aromatic rings. The minimum Gasteiger partial charge on any atom is -0.497 e. The van der Waals surface area contributed by atoms with Crippen molar-refractivity contribution in [2.24, 2.45) is 0 Å². The molecular formula is C17H22N2O3S. The van der Waals surface area contributed by atoms with Gasteiger partial charge in [-0.25, -0.2) is 0 Å². The van der Waals surface area contributed by atoms with Crippen LogP contribution in [0.15, 0.2) is 36.4 Å². The van der Waals surface area contributed by atoms with Crippen LogP contribution in [0.4, 0.5) is 0 Å². The number of hydrogen-bond acceptors (Lipinski definition) is 4. The van der Waals surface area contributed by atoms with Gasteiger partial charge in [-0.2, -0.15) is 0 Å². The summed E-state index contributed by atoms with van der Waals surface area (Å²) in [5, 5.41) is 0. The maximum absolute atomic E-state index is 12.7. The third kappa shape index (κ3) is 4.28. The zero-order valence-corrected chi connectivity index (χ0v) is 14.5. The topological polar surface area (TPSA) is 49.9 Å². The Morgan fingerprint density at radius 2 is 2.26 bits per heavy atom. The molecule has 124 valence electrons. The smallest absolute Gasteiger partial charge is 0.247 e. The van der Waals surface area contributed by atoms with Crippen LogP contribution in [0.25, 0.3) is 0 Å². The van der Waals surface area contributed by atoms with Gasteiger partial charge in [0.15, 0.2) is 0 Å². The van der Waals surface area contributed by atoms with Crippen molar-refractivity contribution in [2.75, 3.05) is 25.8 Å². The Balaban J connectivity index is 2.04. The first-order chi connectivity index (χ1) is 11.1. The molecule has 2 rings (SSSR count). The highest BCUT2D eigenvalue weighted by molar-refractivity contribution is 7.99. The van der Waals surface area contributed by atoms with E-state index >= 15 is 0 Å². The van der Waals surface area contributed by atoms with Gasteiger partial charge in [0, 0.05) is 19.3 Å². The van der Waals surface area contributed by atoms with Crippen molar-refractivity contribution in [2.45, 2.75) is 19.5 Å². The summed E-state index contributed by atoms with van der Waals surface area (Å²) in [6.07, 6.45) is 3.21. The van der Waals surface area contributed by atoms with Gasteiger partial charge in [0.1, 0.15) is 11.8 Å². The zero-order chi connectivity index (χ0) is 16.8. The van der Waals surface area contributed by atoms with Crippen molar-refractivity contribution in [3.05, 3.63) is 42.0 Å². The summed E-state index contributed by atoms with van der Waals surface area (Å²) in [7, 11) is 3.39. The van der Waals surface area contributed by atoms with E-state index in [0.717, 1.165) is 11.3 Å². The number of methoxy groups -OCH3 is 1. The predicted molar refractivity (Wildman–Crippen MR) is 92.2 cm³/mol. The van der Waals surface area contributed by atoms with Crippen LogP contribution in [-0.2, 0) is 16.1 Å². The Labute approximate surface area is 141 Å². The second kappa shape index (κ2) is 8.06. The molecule has 1 aliphatic heterocycles. The number of allylic oxidation sites excluding steroid dienone is 1. The molecular weight excluding hydrogens is 312 g/mol. The lowest BCUT2D eigenvalue weighted by Crippen LogP contribution is -2.47. The molecule has 1 fully saturated rings. The number of nitrogens with zero attached hydrogens (tertiary/aromatic N) is 2. The summed E-state index contributed by atoms with van der Waals surface area (Å²) < 4.78 is 5.20. The fourth-order valence-electron chi connectivity index (χ4n) is 2.48. The second-order valence-corrected chi connectivity index (χ2v) is 6.37. The number of amides is 2. The highest BCUT2D eigenvalue weighted by Gasteiger charge is 2.35. The molecule has 1 saturated heterocycles. The van der Waals surface area contributed by atoms with E-state index in [1.165, 1.54) is 6.08 Å². The van der Waals surface area contributed by atoms with Crippen LogP contribution in [-0.4, -0.2) is 53.4 Å². The molecule has 0 aromatic heterocycles. The van der Waals surface area contributed by atoms with Crippen molar-refractivity contribution in [1.29, 1.82) is 0 Å². The lowest BCUT2D eigenvalue weighted by Gasteiger charge is -2.26. The Kier molecular flexibility index (Phi) is 6.10. The SMILES string of the molecule is C/C=C\C(=O)N1CSC[C@H]1C(=O)N(C)Cc1cccc(OC)c1. The molecule has 0 unspecified atom stereocenters. The minimum atomic E-state index is -0.390. The highest BCUT2D eigenvalue weighted by atomic mass is 32.2. The van der Waals surface area contributed by atoms with Gasteiger partial charge < -0.3 is 14.5 Å². The summed E-state index contributed by atoms with van der Waals surface area (Å²) in [6.45, 7) is 2.29. The molecule has 0 saturated carbocycles. The highest BCUT2D eigenvalue weighted by Crippen LogP contribution is 2.23. The third-order valence-corrected chi connectivity index (χ3v) is 4.70. The molecule has 1 aliphatic rings. The number of carbonyl (C=O) groups excluding carboxylic acids is 2. The number of benzene rings is 1. The molecule has 23 heavy (non-hydrogen) atoms. The van der Waals surface area contributed by atoms with Crippen LogP contribution in [0.2, 0.25) is 0 Å². The van der Waals surface area contributed by atoms with Crippen molar-refractivity contribution in [1.82, 2.24) is 9.80 Å². The number of carbonyl (C=O) groups is 2. The van der Waals surface area contributed by atoms with E-state index in [9.17, 15) is 9.59 Å². The lowest BCUT2D eigenvalue weighted by atomic mass is 10.2. The molecule has 5 nitrogen and oxygen atoms in total. The molecule has 1 aromatic carbocycles. The van der Waals surface area contributed by atoms with Crippen molar-refractivity contribution >= 4 is 23.6 Å². The zero-order valence-electron chi connectivity index (χ0n) is 13.7. The molecule has 0 radical (unpaired) electrons. The van der Waals surface area contributed by atoms with Crippen LogP contribution in [0, 0.1) is 0 Å². The quantitative estimate of drug-likeness (QED) is 0.774. The Hall–Kier alpha value is -1.95. The summed E-state index contributed by atoms with van der Waals surface area (Å²) in [4.78, 5) is 28.1. The van der Waals surface area contributed by atoms with Gasteiger partial charge in [0.25, 0.3) is 0 Å². The average Bonchev–Trinajstić information content (AvgIpc) is 3.04. The largest absolute Gasteiger partial charge is 0.497 e. The number of rotatable bonds is 5. The van der Waals surface area contributed by atoms with Gasteiger partial charge in [-0.3, -0.25) is 9.59 Å². The number of likely N-dealkylation sites (N-methyl/N-ethyl adjacent to an activating group) is 1. The van der Waals surface area contributed by atoms with Crippen molar-refractivity contribution in [3.63, 3.8) is 0 Å². The first-order valence-electron chi connectivity index (χ1n) is 7.45. The van der Waals surface area contributed by atoms with E-state index in [1.807, 2.05) is 24.3 Å². The average molecular weight is 334 g/mol. The third-order valence-electron chi connectivity index (χ3n) is 3.69. The lowest BCUT2D eigenvalue weighted by molar-refractivity contribution is -0.140. The Bertz CT molecular complexity index is 603. The summed E-state index contributed by atoms with van der Waals surface area (Å²) in [6, 6.07) is 7.25. The molecule has 1 atom stereocenters. The number of ether oxygens (including phenoxy) is 1. The van der Waals surface area contributed by atoms with Crippen LogP contribution in [0.3, 0.4) is 0 Å². The van der Waals surface area contributed by atoms with Crippen LogP contribution in [0.5, 0.6) is 5.75 Å². The summed E-state index contributed by atoms with van der Waals surface area (Å²) >= 11 is 1.61. The summed E-state index contributed by atoms with van der Waals surface area (Å²) in [5.74, 6) is 1.84. The molecule has 0 aliphatic carbocycles. The van der Waals surface area contributed by atoms with E-state index in [4.69, 9.17) is 4.74 Å². The molecule has 0 bridgehead atoms. The second-order valence-electron chi connectivity index (χ2n) is 5.37. The summed E-state index contributed by atoms with van der Waals surface area (Å²) in [5.41, 5.74) is 0.997. The van der Waals surface area contributed by atoms with E-state index in [-0.39, 0.29) is 17.9 Å². The first kappa shape index (κ1) is 17.4. The van der Waals surface area contributed by atoms with E-state index < -0.39 is 0 Å². The molecule has 6 heteroatoms. The van der Waals surface area contributed by atoms with Gasteiger partial charge in [0.05, 0.1) is 13.0 Å².